The molecule has 1 saturated carbocycles. The van der Waals surface area contributed by atoms with E-state index in [2.05, 4.69) is 33.1 Å². The number of hydrogen-bond acceptors (Lipinski definition) is 3. The molecule has 0 aromatic heterocycles. The summed E-state index contributed by atoms with van der Waals surface area (Å²) in [5, 5.41) is 2.93. The van der Waals surface area contributed by atoms with E-state index in [1.54, 1.807) is 12.1 Å². The molecule has 0 bridgehead atoms. The highest BCUT2D eigenvalue weighted by atomic mass is 79.9. The van der Waals surface area contributed by atoms with Crippen molar-refractivity contribution in [1.29, 1.82) is 0 Å². The van der Waals surface area contributed by atoms with Crippen molar-refractivity contribution < 1.29 is 4.79 Å². The first kappa shape index (κ1) is 14.3. The van der Waals surface area contributed by atoms with Crippen LogP contribution in [0.5, 0.6) is 0 Å². The van der Waals surface area contributed by atoms with Crippen LogP contribution >= 0.6 is 15.9 Å². The molecule has 0 aliphatic heterocycles. The topological polar surface area (TPSA) is 58.4 Å². The van der Waals surface area contributed by atoms with Crippen LogP contribution in [0.15, 0.2) is 22.7 Å². The number of nitrogens with two attached hydrogens (primary N) is 1. The van der Waals surface area contributed by atoms with Gasteiger partial charge >= 0.3 is 0 Å². The molecule has 3 N–H and O–H groups in total. The molecular formula is C14H20BrN3O. The second-order valence-electron chi connectivity index (χ2n) is 4.99. The Balaban J connectivity index is 1.92. The molecule has 1 aromatic rings. The number of carbonyl (C=O) groups excluding carboxylic acids is 1. The summed E-state index contributed by atoms with van der Waals surface area (Å²) in [4.78, 5) is 14.3. The zero-order chi connectivity index (χ0) is 13.8. The quantitative estimate of drug-likeness (QED) is 0.791. The number of rotatable bonds is 6. The summed E-state index contributed by atoms with van der Waals surface area (Å²) < 4.78 is 0.814. The summed E-state index contributed by atoms with van der Waals surface area (Å²) in [6.07, 6.45) is 3.52. The van der Waals surface area contributed by atoms with Crippen molar-refractivity contribution in [1.82, 2.24) is 4.90 Å². The van der Waals surface area contributed by atoms with E-state index in [0.29, 0.717) is 18.3 Å². The molecule has 0 radical (unpaired) electrons. The third-order valence-electron chi connectivity index (χ3n) is 3.19. The van der Waals surface area contributed by atoms with Gasteiger partial charge in [-0.25, -0.2) is 0 Å². The predicted octanol–water partition coefficient (Wildman–Crippen LogP) is 2.84. The van der Waals surface area contributed by atoms with Gasteiger partial charge in [-0.1, -0.05) is 6.92 Å². The maximum Gasteiger partial charge on any atom is 0.238 e. The lowest BCUT2D eigenvalue weighted by atomic mass is 10.3. The molecule has 0 spiro atoms. The number of nitrogen functional groups attached to an aromatic ring is 1. The number of amides is 1. The fourth-order valence-corrected chi connectivity index (χ4v) is 2.62. The Morgan fingerprint density at radius 3 is 2.84 bits per heavy atom. The van der Waals surface area contributed by atoms with Gasteiger partial charge in [0.1, 0.15) is 0 Å². The van der Waals surface area contributed by atoms with Crippen molar-refractivity contribution in [2.45, 2.75) is 32.2 Å². The summed E-state index contributed by atoms with van der Waals surface area (Å²) >= 11 is 3.41. The molecule has 0 saturated heterocycles. The Bertz CT molecular complexity index is 460. The van der Waals surface area contributed by atoms with Gasteiger partial charge in [-0.15, -0.1) is 0 Å². The van der Waals surface area contributed by atoms with E-state index < -0.39 is 0 Å². The fraction of sp³-hybridized carbons (Fsp3) is 0.500. The van der Waals surface area contributed by atoms with Crippen LogP contribution in [0.1, 0.15) is 26.2 Å². The van der Waals surface area contributed by atoms with Crippen molar-refractivity contribution in [3.8, 4) is 0 Å². The standard InChI is InChI=1S/C14H20BrN3O/c1-2-7-18(11-4-5-11)9-14(19)17-13-6-3-10(16)8-12(13)15/h3,6,8,11H,2,4-5,7,9,16H2,1H3,(H,17,19). The average Bonchev–Trinajstić information content (AvgIpc) is 3.16. The van der Waals surface area contributed by atoms with Crippen LogP contribution in [0.3, 0.4) is 0 Å². The summed E-state index contributed by atoms with van der Waals surface area (Å²) in [6, 6.07) is 6.00. The van der Waals surface area contributed by atoms with Crippen LogP contribution in [0.4, 0.5) is 11.4 Å². The van der Waals surface area contributed by atoms with Crippen molar-refractivity contribution in [2.75, 3.05) is 24.1 Å². The molecule has 1 fully saturated rings. The minimum absolute atomic E-state index is 0.0332. The number of carbonyl (C=O) groups is 1. The van der Waals surface area contributed by atoms with Crippen LogP contribution in [-0.2, 0) is 4.79 Å². The van der Waals surface area contributed by atoms with Gasteiger partial charge in [0, 0.05) is 16.2 Å². The minimum atomic E-state index is 0.0332. The molecule has 1 aromatic carbocycles. The van der Waals surface area contributed by atoms with E-state index in [9.17, 15) is 4.79 Å². The molecule has 5 heteroatoms. The number of nitrogens with zero attached hydrogens (tertiary/aromatic N) is 1. The van der Waals surface area contributed by atoms with E-state index in [-0.39, 0.29) is 5.91 Å². The average molecular weight is 326 g/mol. The van der Waals surface area contributed by atoms with Crippen LogP contribution in [0.25, 0.3) is 0 Å². The minimum Gasteiger partial charge on any atom is -0.399 e. The third kappa shape index (κ3) is 4.21. The normalized spacial score (nSPS) is 14.7. The highest BCUT2D eigenvalue weighted by molar-refractivity contribution is 9.10. The van der Waals surface area contributed by atoms with Crippen LogP contribution in [-0.4, -0.2) is 29.9 Å². The number of benzene rings is 1. The second kappa shape index (κ2) is 6.39. The third-order valence-corrected chi connectivity index (χ3v) is 3.84. The molecule has 0 heterocycles. The van der Waals surface area contributed by atoms with Gasteiger partial charge in [0.15, 0.2) is 0 Å². The molecule has 1 aliphatic rings. The van der Waals surface area contributed by atoms with Gasteiger partial charge in [0.05, 0.1) is 12.2 Å². The molecule has 19 heavy (non-hydrogen) atoms. The maximum absolute atomic E-state index is 12.1. The molecular weight excluding hydrogens is 306 g/mol. The van der Waals surface area contributed by atoms with Crippen LogP contribution in [0.2, 0.25) is 0 Å². The Morgan fingerprint density at radius 2 is 2.26 bits per heavy atom. The number of anilines is 2. The van der Waals surface area contributed by atoms with E-state index in [0.717, 1.165) is 23.1 Å². The van der Waals surface area contributed by atoms with E-state index >= 15 is 0 Å². The van der Waals surface area contributed by atoms with Crippen molar-refractivity contribution >= 4 is 33.2 Å². The Morgan fingerprint density at radius 1 is 1.53 bits per heavy atom. The summed E-state index contributed by atoms with van der Waals surface area (Å²) in [7, 11) is 0. The molecule has 1 aliphatic carbocycles. The first-order valence-electron chi connectivity index (χ1n) is 6.69. The number of hydrogen-bond donors (Lipinski definition) is 2. The van der Waals surface area contributed by atoms with E-state index in [4.69, 9.17) is 5.73 Å². The fourth-order valence-electron chi connectivity index (χ4n) is 2.12. The van der Waals surface area contributed by atoms with Gasteiger partial charge in [-0.05, 0) is 59.9 Å². The first-order chi connectivity index (χ1) is 9.10. The Labute approximate surface area is 122 Å². The Kier molecular flexibility index (Phi) is 4.82. The zero-order valence-corrected chi connectivity index (χ0v) is 12.7. The Hall–Kier alpha value is -1.07. The van der Waals surface area contributed by atoms with Crippen LogP contribution < -0.4 is 11.1 Å². The lowest BCUT2D eigenvalue weighted by Gasteiger charge is -2.20. The van der Waals surface area contributed by atoms with E-state index in [1.807, 2.05) is 6.07 Å². The summed E-state index contributed by atoms with van der Waals surface area (Å²) in [5.74, 6) is 0.0332. The summed E-state index contributed by atoms with van der Waals surface area (Å²) in [5.41, 5.74) is 7.12. The molecule has 1 amide bonds. The second-order valence-corrected chi connectivity index (χ2v) is 5.84. The maximum atomic E-state index is 12.1. The molecule has 0 atom stereocenters. The summed E-state index contributed by atoms with van der Waals surface area (Å²) in [6.45, 7) is 3.60. The van der Waals surface area contributed by atoms with E-state index in [1.165, 1.54) is 12.8 Å². The van der Waals surface area contributed by atoms with Gasteiger partial charge < -0.3 is 11.1 Å². The first-order valence-corrected chi connectivity index (χ1v) is 7.48. The smallest absolute Gasteiger partial charge is 0.238 e. The van der Waals surface area contributed by atoms with Gasteiger partial charge in [-0.3, -0.25) is 9.69 Å². The van der Waals surface area contributed by atoms with Crippen LogP contribution in [0, 0.1) is 0 Å². The highest BCUT2D eigenvalue weighted by Crippen LogP contribution is 2.27. The predicted molar refractivity (Wildman–Crippen MR) is 82.1 cm³/mol. The monoisotopic (exact) mass is 325 g/mol. The SMILES string of the molecule is CCCN(CC(=O)Nc1ccc(N)cc1Br)C1CC1. The molecule has 0 unspecified atom stereocenters. The van der Waals surface area contributed by atoms with Crippen molar-refractivity contribution in [3.05, 3.63) is 22.7 Å². The lowest BCUT2D eigenvalue weighted by Crippen LogP contribution is -2.35. The van der Waals surface area contributed by atoms with Gasteiger partial charge in [-0.2, -0.15) is 0 Å². The largest absolute Gasteiger partial charge is 0.399 e. The lowest BCUT2D eigenvalue weighted by molar-refractivity contribution is -0.117. The number of halogens is 1. The van der Waals surface area contributed by atoms with Gasteiger partial charge in [0.2, 0.25) is 5.91 Å². The zero-order valence-electron chi connectivity index (χ0n) is 11.2. The highest BCUT2D eigenvalue weighted by Gasteiger charge is 2.29. The molecule has 4 nitrogen and oxygen atoms in total. The van der Waals surface area contributed by atoms with Crippen molar-refractivity contribution in [2.24, 2.45) is 0 Å². The van der Waals surface area contributed by atoms with Crippen molar-refractivity contribution in [3.63, 3.8) is 0 Å². The number of nitrogens with one attached hydrogen (secondary N) is 1. The van der Waals surface area contributed by atoms with Gasteiger partial charge in [0.25, 0.3) is 0 Å². The molecule has 104 valence electrons. The molecule has 2 rings (SSSR count).